The molecule has 0 fully saturated rings. The fourth-order valence-electron chi connectivity index (χ4n) is 2.35. The summed E-state index contributed by atoms with van der Waals surface area (Å²) in [5.74, 6) is 0.312. The number of phenols is 1. The van der Waals surface area contributed by atoms with Crippen LogP contribution in [-0.2, 0) is 9.53 Å². The first-order chi connectivity index (χ1) is 13.1. The molecular weight excluding hydrogens is 356 g/mol. The van der Waals surface area contributed by atoms with Gasteiger partial charge < -0.3 is 20.9 Å². The molecule has 3 heterocycles. The van der Waals surface area contributed by atoms with E-state index in [4.69, 9.17) is 10.5 Å². The molecule has 0 amide bonds. The molecule has 0 spiro atoms. The van der Waals surface area contributed by atoms with Crippen molar-refractivity contribution < 1.29 is 14.6 Å². The number of esters is 1. The minimum absolute atomic E-state index is 0.145. The molecule has 1 unspecified atom stereocenters. The van der Waals surface area contributed by atoms with Crippen molar-refractivity contribution in [2.75, 3.05) is 17.7 Å². The molecule has 4 rings (SSSR count). The lowest BCUT2D eigenvalue weighted by molar-refractivity contribution is -0.139. The third kappa shape index (κ3) is 3.97. The van der Waals surface area contributed by atoms with E-state index in [-0.39, 0.29) is 18.3 Å². The summed E-state index contributed by atoms with van der Waals surface area (Å²) < 4.78 is 6.57. The van der Waals surface area contributed by atoms with Crippen LogP contribution in [0.15, 0.2) is 36.0 Å². The monoisotopic (exact) mass is 372 g/mol. The van der Waals surface area contributed by atoms with Crippen molar-refractivity contribution >= 4 is 17.9 Å². The zero-order valence-electron chi connectivity index (χ0n) is 14.1. The molecule has 3 aromatic rings. The number of rotatable bonds is 3. The number of benzene rings is 1. The van der Waals surface area contributed by atoms with E-state index >= 15 is 0 Å². The van der Waals surface area contributed by atoms with Crippen LogP contribution in [0.1, 0.15) is 18.5 Å². The predicted molar refractivity (Wildman–Crippen MR) is 91.0 cm³/mol. The van der Waals surface area contributed by atoms with Gasteiger partial charge in [-0.25, -0.2) is 4.79 Å². The van der Waals surface area contributed by atoms with E-state index in [9.17, 15) is 9.90 Å². The molecule has 0 saturated carbocycles. The number of hydrogen-bond acceptors (Lipinski definition) is 11. The van der Waals surface area contributed by atoms with E-state index in [2.05, 4.69) is 41.5 Å². The summed E-state index contributed by atoms with van der Waals surface area (Å²) in [6, 6.07) is 6.01. The van der Waals surface area contributed by atoms with Crippen LogP contribution in [0.2, 0.25) is 0 Å². The Labute approximate surface area is 152 Å². The van der Waals surface area contributed by atoms with Gasteiger partial charge in [0.25, 0.3) is 5.95 Å². The average molecular weight is 372 g/mol. The minimum Gasteiger partial charge on any atom is -0.508 e. The van der Waals surface area contributed by atoms with Gasteiger partial charge in [0, 0.05) is 6.20 Å². The summed E-state index contributed by atoms with van der Waals surface area (Å²) in [6.07, 6.45) is 1.54. The fraction of sp³-hybridized carbons (Fsp3) is 0.214. The Morgan fingerprint density at radius 1 is 1.33 bits per heavy atom. The second-order valence-electron chi connectivity index (χ2n) is 5.18. The summed E-state index contributed by atoms with van der Waals surface area (Å²) in [5, 5.41) is 35.6. The molecule has 1 aliphatic rings. The van der Waals surface area contributed by atoms with Crippen molar-refractivity contribution in [2.45, 2.75) is 13.0 Å². The second-order valence-corrected chi connectivity index (χ2v) is 5.18. The normalized spacial score (nSPS) is 14.9. The molecular formula is C14H16N10O3. The molecule has 0 saturated heterocycles. The van der Waals surface area contributed by atoms with Gasteiger partial charge in [-0.3, -0.25) is 0 Å². The van der Waals surface area contributed by atoms with Gasteiger partial charge in [-0.1, -0.05) is 22.3 Å². The quantitative estimate of drug-likeness (QED) is 0.440. The van der Waals surface area contributed by atoms with E-state index in [0.717, 1.165) is 5.56 Å². The number of aromatic hydroxyl groups is 1. The number of anilines is 2. The second kappa shape index (κ2) is 7.90. The van der Waals surface area contributed by atoms with Crippen LogP contribution >= 0.6 is 0 Å². The molecule has 2 aromatic heterocycles. The molecule has 1 aliphatic heterocycles. The molecule has 0 bridgehead atoms. The van der Waals surface area contributed by atoms with Gasteiger partial charge in [-0.15, -0.1) is 5.10 Å². The maximum absolute atomic E-state index is 12.1. The largest absolute Gasteiger partial charge is 0.508 e. The van der Waals surface area contributed by atoms with E-state index in [0.29, 0.717) is 11.5 Å². The Kier molecular flexibility index (Phi) is 5.20. The number of phenolic OH excluding ortho intramolecular Hbond substituents is 1. The first kappa shape index (κ1) is 17.8. The number of carbonyl (C=O) groups is 1. The van der Waals surface area contributed by atoms with Crippen LogP contribution in [0.25, 0.3) is 0 Å². The van der Waals surface area contributed by atoms with Gasteiger partial charge in [0.1, 0.15) is 11.8 Å². The molecule has 0 aliphatic carbocycles. The van der Waals surface area contributed by atoms with Crippen LogP contribution in [0.5, 0.6) is 5.75 Å². The average Bonchev–Trinajstić information content (AvgIpc) is 3.33. The molecule has 13 nitrogen and oxygen atoms in total. The Bertz CT molecular complexity index is 919. The van der Waals surface area contributed by atoms with Gasteiger partial charge in [-0.05, 0) is 40.3 Å². The minimum atomic E-state index is -0.504. The van der Waals surface area contributed by atoms with Gasteiger partial charge in [0.05, 0.1) is 12.2 Å². The van der Waals surface area contributed by atoms with Crippen LogP contribution in [-0.4, -0.2) is 58.5 Å². The number of tetrazole rings is 2. The summed E-state index contributed by atoms with van der Waals surface area (Å²) >= 11 is 0. The highest BCUT2D eigenvalue weighted by atomic mass is 16.5. The van der Waals surface area contributed by atoms with E-state index in [1.54, 1.807) is 37.4 Å². The Morgan fingerprint density at radius 3 is 2.70 bits per heavy atom. The third-order valence-corrected chi connectivity index (χ3v) is 3.47. The van der Waals surface area contributed by atoms with Crippen molar-refractivity contribution in [3.63, 3.8) is 0 Å². The molecule has 27 heavy (non-hydrogen) atoms. The zero-order chi connectivity index (χ0) is 19.2. The van der Waals surface area contributed by atoms with E-state index in [1.807, 2.05) is 0 Å². The number of fused-ring (bicyclic) bond motifs is 1. The lowest BCUT2D eigenvalue weighted by atomic mass is 9.98. The first-order valence-electron chi connectivity index (χ1n) is 7.79. The molecule has 140 valence electrons. The SMILES string of the molecule is CCOC(=O)C1=CNc2nnnn2C1c1ccc(O)cc1.Nc1nn[nH]n1. The van der Waals surface area contributed by atoms with Gasteiger partial charge in [0.15, 0.2) is 0 Å². The van der Waals surface area contributed by atoms with E-state index < -0.39 is 12.0 Å². The van der Waals surface area contributed by atoms with Crippen LogP contribution in [0.3, 0.4) is 0 Å². The summed E-state index contributed by atoms with van der Waals surface area (Å²) in [5.41, 5.74) is 6.12. The highest BCUT2D eigenvalue weighted by molar-refractivity contribution is 5.91. The number of hydrogen-bond donors (Lipinski definition) is 4. The fourth-order valence-corrected chi connectivity index (χ4v) is 2.35. The van der Waals surface area contributed by atoms with Gasteiger partial charge in [-0.2, -0.15) is 9.90 Å². The molecule has 13 heteroatoms. The zero-order valence-corrected chi connectivity index (χ0v) is 14.1. The number of H-pyrrole nitrogens is 1. The van der Waals surface area contributed by atoms with Crippen LogP contribution < -0.4 is 11.1 Å². The highest BCUT2D eigenvalue weighted by Gasteiger charge is 2.32. The van der Waals surface area contributed by atoms with Crippen LogP contribution in [0, 0.1) is 0 Å². The number of ether oxygens (including phenoxy) is 1. The lowest BCUT2D eigenvalue weighted by Crippen LogP contribution is -2.27. The number of nitrogen functional groups attached to an aromatic ring is 1. The summed E-state index contributed by atoms with van der Waals surface area (Å²) in [4.78, 5) is 12.1. The Morgan fingerprint density at radius 2 is 2.11 bits per heavy atom. The summed E-state index contributed by atoms with van der Waals surface area (Å²) in [6.45, 7) is 2.02. The van der Waals surface area contributed by atoms with Crippen molar-refractivity contribution in [3.8, 4) is 5.75 Å². The molecule has 1 aromatic carbocycles. The summed E-state index contributed by atoms with van der Waals surface area (Å²) in [7, 11) is 0. The molecule has 5 N–H and O–H groups in total. The van der Waals surface area contributed by atoms with Gasteiger partial charge in [0.2, 0.25) is 5.95 Å². The van der Waals surface area contributed by atoms with E-state index in [1.165, 1.54) is 4.68 Å². The number of nitrogens with two attached hydrogens (primary N) is 1. The first-order valence-corrected chi connectivity index (χ1v) is 7.79. The van der Waals surface area contributed by atoms with Gasteiger partial charge >= 0.3 is 5.97 Å². The molecule has 0 radical (unpaired) electrons. The maximum atomic E-state index is 12.1. The van der Waals surface area contributed by atoms with Crippen molar-refractivity contribution in [3.05, 3.63) is 41.6 Å². The maximum Gasteiger partial charge on any atom is 0.338 e. The standard InChI is InChI=1S/C13H13N5O3.CH3N5/c1-2-21-12(20)10-7-14-13-15-16-17-18(13)11(10)8-3-5-9(19)6-4-8;2-1-3-5-6-4-1/h3-7,11,19H,2H2,1H3,(H,14,15,17);(H3,2,3,4,5,6). The number of carbonyl (C=O) groups excluding carboxylic acids is 1. The number of nitrogens with one attached hydrogen (secondary N) is 2. The Hall–Kier alpha value is -4.03. The smallest absolute Gasteiger partial charge is 0.338 e. The van der Waals surface area contributed by atoms with Crippen molar-refractivity contribution in [2.24, 2.45) is 0 Å². The topological polar surface area (TPSA) is 183 Å². The number of aromatic amines is 1. The van der Waals surface area contributed by atoms with Crippen LogP contribution in [0.4, 0.5) is 11.9 Å². The van der Waals surface area contributed by atoms with Crippen molar-refractivity contribution in [1.29, 1.82) is 0 Å². The third-order valence-electron chi connectivity index (χ3n) is 3.47. The molecule has 1 atom stereocenters. The highest BCUT2D eigenvalue weighted by Crippen LogP contribution is 2.32. The Balaban J connectivity index is 0.000000299. The van der Waals surface area contributed by atoms with Crippen molar-refractivity contribution in [1.82, 2.24) is 40.8 Å². The number of nitrogens with zero attached hydrogens (tertiary/aromatic N) is 7. The number of aromatic nitrogens is 8. The predicted octanol–water partition coefficient (Wildman–Crippen LogP) is -0.378. The lowest BCUT2D eigenvalue weighted by Gasteiger charge is -2.24.